The van der Waals surface area contributed by atoms with Crippen LogP contribution in [0.2, 0.25) is 0 Å². The molecule has 0 bridgehead atoms. The van der Waals surface area contributed by atoms with Crippen LogP contribution in [0, 0.1) is 0 Å². The maximum atomic E-state index is 9.80. The van der Waals surface area contributed by atoms with Gasteiger partial charge in [-0.05, 0) is 6.42 Å². The summed E-state index contributed by atoms with van der Waals surface area (Å²) >= 11 is 0. The summed E-state index contributed by atoms with van der Waals surface area (Å²) in [7, 11) is 5.44. The minimum atomic E-state index is 0.389. The van der Waals surface area contributed by atoms with Gasteiger partial charge in [0.2, 0.25) is 0 Å². The second-order valence-electron chi connectivity index (χ2n) is 3.31. The molecular weight excluding hydrogens is 138 g/mol. The summed E-state index contributed by atoms with van der Waals surface area (Å²) in [5, 5.41) is 0. The van der Waals surface area contributed by atoms with Gasteiger partial charge in [0.05, 0.1) is 21.1 Å². The van der Waals surface area contributed by atoms with E-state index >= 15 is 0 Å². The number of hydrogen-bond donors (Lipinski definition) is 0. The summed E-state index contributed by atoms with van der Waals surface area (Å²) in [6, 6.07) is 0. The van der Waals surface area contributed by atoms with Gasteiger partial charge in [-0.1, -0.05) is 24.3 Å². The molecule has 0 radical (unpaired) electrons. The molecule has 1 rings (SSSR count). The van der Waals surface area contributed by atoms with Crippen molar-refractivity contribution in [2.45, 2.75) is 6.42 Å². The fraction of sp³-hybridized carbons (Fsp3) is 0.444. The third kappa shape index (κ3) is 9.11. The standard InChI is InChI=1S/C5H6.C4H10NO/c1-2-4-5-3-1;1-5(2,3)4-6/h1-4H,5H2;4H,1-3H3/q;+1. The topological polar surface area (TPSA) is 17.1 Å². The van der Waals surface area contributed by atoms with Crippen LogP contribution in [0.25, 0.3) is 0 Å². The Morgan fingerprint density at radius 3 is 1.64 bits per heavy atom. The van der Waals surface area contributed by atoms with Crippen molar-refractivity contribution in [3.8, 4) is 0 Å². The Balaban J connectivity index is 0.000000183. The number of allylic oxidation sites excluding steroid dienone is 4. The van der Waals surface area contributed by atoms with Crippen molar-refractivity contribution >= 4 is 6.41 Å². The first-order valence-corrected chi connectivity index (χ1v) is 3.65. The van der Waals surface area contributed by atoms with E-state index in [-0.39, 0.29) is 0 Å². The molecule has 2 heteroatoms. The Kier molecular flexibility index (Phi) is 4.46. The van der Waals surface area contributed by atoms with E-state index in [9.17, 15) is 4.79 Å². The lowest BCUT2D eigenvalue weighted by Gasteiger charge is -2.11. The van der Waals surface area contributed by atoms with Crippen LogP contribution in [0.4, 0.5) is 0 Å². The summed E-state index contributed by atoms with van der Waals surface area (Å²) in [5.74, 6) is 0. The van der Waals surface area contributed by atoms with E-state index in [2.05, 4.69) is 24.3 Å². The molecule has 0 N–H and O–H groups in total. The second kappa shape index (κ2) is 4.85. The number of amides is 1. The molecule has 62 valence electrons. The molecule has 0 atom stereocenters. The average Bonchev–Trinajstić information content (AvgIpc) is 2.41. The summed E-state index contributed by atoms with van der Waals surface area (Å²) in [4.78, 5) is 9.80. The molecule has 1 amide bonds. The van der Waals surface area contributed by atoms with E-state index in [0.717, 1.165) is 12.8 Å². The van der Waals surface area contributed by atoms with Crippen LogP contribution >= 0.6 is 0 Å². The zero-order chi connectivity index (χ0) is 8.74. The minimum Gasteiger partial charge on any atom is -0.270 e. The predicted molar refractivity (Wildman–Crippen MR) is 47.0 cm³/mol. The largest absolute Gasteiger partial charge is 0.300 e. The molecule has 0 saturated carbocycles. The first-order chi connectivity index (χ1) is 5.06. The molecule has 0 fully saturated rings. The number of rotatable bonds is 1. The molecule has 0 aromatic heterocycles. The predicted octanol–water partition coefficient (Wildman–Crippen LogP) is 1.35. The van der Waals surface area contributed by atoms with Gasteiger partial charge in [-0.25, -0.2) is 4.79 Å². The van der Waals surface area contributed by atoms with Crippen LogP contribution in [0.1, 0.15) is 6.42 Å². The Hall–Kier alpha value is -0.890. The maximum absolute atomic E-state index is 9.80. The second-order valence-corrected chi connectivity index (χ2v) is 3.31. The van der Waals surface area contributed by atoms with Crippen LogP contribution in [-0.2, 0) is 4.79 Å². The van der Waals surface area contributed by atoms with Crippen LogP contribution in [0.15, 0.2) is 24.3 Å². The molecule has 0 aliphatic heterocycles. The van der Waals surface area contributed by atoms with Gasteiger partial charge in [0.15, 0.2) is 0 Å². The van der Waals surface area contributed by atoms with E-state index < -0.39 is 0 Å². The molecule has 11 heavy (non-hydrogen) atoms. The monoisotopic (exact) mass is 154 g/mol. The van der Waals surface area contributed by atoms with Crippen LogP contribution in [0.3, 0.4) is 0 Å². The van der Waals surface area contributed by atoms with E-state index in [4.69, 9.17) is 0 Å². The van der Waals surface area contributed by atoms with Crippen molar-refractivity contribution in [1.29, 1.82) is 0 Å². The van der Waals surface area contributed by atoms with Crippen molar-refractivity contribution in [3.05, 3.63) is 24.3 Å². The highest BCUT2D eigenvalue weighted by molar-refractivity contribution is 5.35. The summed E-state index contributed by atoms with van der Waals surface area (Å²) in [6.07, 6.45) is 10.4. The highest BCUT2D eigenvalue weighted by atomic mass is 16.1. The van der Waals surface area contributed by atoms with E-state index in [1.165, 1.54) is 0 Å². The number of quaternary nitrogens is 1. The number of carbonyl (C=O) groups excluding carboxylic acids is 1. The van der Waals surface area contributed by atoms with E-state index in [1.54, 1.807) is 0 Å². The third-order valence-electron chi connectivity index (χ3n) is 0.972. The van der Waals surface area contributed by atoms with Gasteiger partial charge in [0, 0.05) is 0 Å². The Morgan fingerprint density at radius 2 is 1.55 bits per heavy atom. The lowest BCUT2D eigenvalue weighted by Crippen LogP contribution is -2.31. The normalized spacial score (nSPS) is 14.1. The molecule has 0 saturated heterocycles. The average molecular weight is 154 g/mol. The van der Waals surface area contributed by atoms with Crippen LogP contribution in [-0.4, -0.2) is 32.0 Å². The van der Waals surface area contributed by atoms with Crippen LogP contribution in [0.5, 0.6) is 0 Å². The van der Waals surface area contributed by atoms with Gasteiger partial charge < -0.3 is 0 Å². The lowest BCUT2D eigenvalue weighted by atomic mass is 10.5. The summed E-state index contributed by atoms with van der Waals surface area (Å²) in [5.41, 5.74) is 0. The van der Waals surface area contributed by atoms with Crippen molar-refractivity contribution in [3.63, 3.8) is 0 Å². The highest BCUT2D eigenvalue weighted by Gasteiger charge is 1.99. The first-order valence-electron chi connectivity index (χ1n) is 3.65. The quantitative estimate of drug-likeness (QED) is 0.411. The Labute approximate surface area is 68.4 Å². The highest BCUT2D eigenvalue weighted by Crippen LogP contribution is 1.93. The third-order valence-corrected chi connectivity index (χ3v) is 0.972. The smallest absolute Gasteiger partial charge is 0.270 e. The zero-order valence-corrected chi connectivity index (χ0v) is 7.45. The summed E-state index contributed by atoms with van der Waals surface area (Å²) < 4.78 is 0.389. The van der Waals surface area contributed by atoms with E-state index in [1.807, 2.05) is 21.1 Å². The Morgan fingerprint density at radius 1 is 1.18 bits per heavy atom. The minimum absolute atomic E-state index is 0.389. The molecule has 0 heterocycles. The zero-order valence-electron chi connectivity index (χ0n) is 7.45. The van der Waals surface area contributed by atoms with Gasteiger partial charge >= 0.3 is 6.41 Å². The first kappa shape index (κ1) is 10.1. The number of hydrogen-bond acceptors (Lipinski definition) is 1. The molecular formula is C9H16NO+. The van der Waals surface area contributed by atoms with Gasteiger partial charge in [-0.2, -0.15) is 0 Å². The fourth-order valence-electron chi connectivity index (χ4n) is 0.393. The summed E-state index contributed by atoms with van der Waals surface area (Å²) in [6.45, 7) is 0. The van der Waals surface area contributed by atoms with Crippen molar-refractivity contribution in [2.75, 3.05) is 21.1 Å². The van der Waals surface area contributed by atoms with Crippen LogP contribution < -0.4 is 0 Å². The molecule has 0 spiro atoms. The number of nitrogens with zero attached hydrogens (tertiary/aromatic N) is 1. The van der Waals surface area contributed by atoms with E-state index in [0.29, 0.717) is 4.48 Å². The molecule has 0 aromatic rings. The van der Waals surface area contributed by atoms with Gasteiger partial charge in [-0.3, -0.25) is 4.48 Å². The lowest BCUT2D eigenvalue weighted by molar-refractivity contribution is -0.782. The Bertz CT molecular complexity index is 153. The van der Waals surface area contributed by atoms with Crippen molar-refractivity contribution < 1.29 is 9.28 Å². The molecule has 0 aromatic carbocycles. The molecule has 2 nitrogen and oxygen atoms in total. The van der Waals surface area contributed by atoms with Crippen molar-refractivity contribution in [1.82, 2.24) is 0 Å². The molecule has 1 aliphatic carbocycles. The number of carbonyl (C=O) groups is 1. The molecule has 1 aliphatic rings. The SMILES string of the molecule is C1=CCC=C1.C[N+](C)(C)C=O. The molecule has 0 unspecified atom stereocenters. The van der Waals surface area contributed by atoms with Gasteiger partial charge in [0.1, 0.15) is 0 Å². The van der Waals surface area contributed by atoms with Crippen molar-refractivity contribution in [2.24, 2.45) is 0 Å². The fourth-order valence-corrected chi connectivity index (χ4v) is 0.393. The van der Waals surface area contributed by atoms with Gasteiger partial charge in [0.25, 0.3) is 0 Å². The van der Waals surface area contributed by atoms with Gasteiger partial charge in [-0.15, -0.1) is 0 Å². The maximum Gasteiger partial charge on any atom is 0.300 e.